The fourth-order valence-electron chi connectivity index (χ4n) is 3.91. The lowest BCUT2D eigenvalue weighted by Gasteiger charge is -2.34. The Labute approximate surface area is 142 Å². The molecule has 1 saturated heterocycles. The number of hydrogen-bond acceptors (Lipinski definition) is 3. The van der Waals surface area contributed by atoms with E-state index in [0.717, 1.165) is 50.4 Å². The van der Waals surface area contributed by atoms with Crippen LogP contribution in [0.1, 0.15) is 37.4 Å². The highest BCUT2D eigenvalue weighted by molar-refractivity contribution is 5.97. The number of rotatable bonds is 4. The molecule has 5 nitrogen and oxygen atoms in total. The predicted molar refractivity (Wildman–Crippen MR) is 94.0 cm³/mol. The molecule has 3 heterocycles. The van der Waals surface area contributed by atoms with Gasteiger partial charge in [-0.05, 0) is 37.8 Å². The van der Waals surface area contributed by atoms with Crippen molar-refractivity contribution in [2.75, 3.05) is 18.0 Å². The molecule has 1 amide bonds. The molecule has 0 bridgehead atoms. The van der Waals surface area contributed by atoms with Crippen LogP contribution in [0.15, 0.2) is 42.7 Å². The summed E-state index contributed by atoms with van der Waals surface area (Å²) in [6.07, 6.45) is 8.24. The van der Waals surface area contributed by atoms with E-state index in [1.54, 1.807) is 0 Å². The van der Waals surface area contributed by atoms with Crippen LogP contribution in [0.25, 0.3) is 0 Å². The Morgan fingerprint density at radius 2 is 1.96 bits per heavy atom. The molecule has 5 heteroatoms. The number of piperidine rings is 1. The van der Waals surface area contributed by atoms with Crippen LogP contribution >= 0.6 is 0 Å². The monoisotopic (exact) mass is 324 g/mol. The number of amides is 1. The summed E-state index contributed by atoms with van der Waals surface area (Å²) in [6.45, 7) is 2.71. The van der Waals surface area contributed by atoms with Crippen molar-refractivity contribution in [3.8, 4) is 0 Å². The van der Waals surface area contributed by atoms with Gasteiger partial charge in [0.05, 0.1) is 6.04 Å². The number of para-hydroxylation sites is 1. The first-order chi connectivity index (χ1) is 11.8. The maximum atomic E-state index is 12.8. The van der Waals surface area contributed by atoms with Gasteiger partial charge in [0.2, 0.25) is 5.91 Å². The third-order valence-electron chi connectivity index (χ3n) is 5.18. The number of imidazole rings is 1. The average molecular weight is 324 g/mol. The van der Waals surface area contributed by atoms with Crippen molar-refractivity contribution in [2.45, 2.75) is 44.2 Å². The van der Waals surface area contributed by atoms with Crippen LogP contribution < -0.4 is 10.2 Å². The molecule has 2 aliphatic heterocycles. The quantitative estimate of drug-likeness (QED) is 0.940. The topological polar surface area (TPSA) is 50.2 Å². The number of fused-ring (bicyclic) bond motifs is 1. The fourth-order valence-corrected chi connectivity index (χ4v) is 3.91. The predicted octanol–water partition coefficient (Wildman–Crippen LogP) is 2.55. The summed E-state index contributed by atoms with van der Waals surface area (Å²) in [5, 5.41) is 3.53. The number of aryl methyl sites for hydroxylation is 1. The molecule has 126 valence electrons. The Hall–Kier alpha value is -2.14. The lowest BCUT2D eigenvalue weighted by molar-refractivity contribution is -0.121. The first kappa shape index (κ1) is 15.4. The zero-order valence-electron chi connectivity index (χ0n) is 13.9. The van der Waals surface area contributed by atoms with E-state index in [0.29, 0.717) is 5.92 Å². The van der Waals surface area contributed by atoms with Crippen molar-refractivity contribution >= 4 is 11.6 Å². The average Bonchev–Trinajstić information content (AvgIpc) is 3.11. The highest BCUT2D eigenvalue weighted by Gasteiger charge is 2.30. The Balaban J connectivity index is 1.41. The molecule has 0 radical (unpaired) electrons. The molecule has 2 aromatic rings. The van der Waals surface area contributed by atoms with Crippen molar-refractivity contribution in [2.24, 2.45) is 0 Å². The summed E-state index contributed by atoms with van der Waals surface area (Å²) in [7, 11) is 0. The van der Waals surface area contributed by atoms with Gasteiger partial charge < -0.3 is 14.8 Å². The minimum absolute atomic E-state index is 0.0794. The van der Waals surface area contributed by atoms with Crippen LogP contribution in [-0.2, 0) is 11.3 Å². The molecule has 0 unspecified atom stereocenters. The molecule has 2 atom stereocenters. The van der Waals surface area contributed by atoms with E-state index in [4.69, 9.17) is 0 Å². The van der Waals surface area contributed by atoms with Gasteiger partial charge in [0, 0.05) is 43.6 Å². The SMILES string of the molecule is O=C1[C@H](NC[C@@H]2CCCn3ccnc32)CCCN1c1ccccc1. The molecule has 0 spiro atoms. The zero-order chi connectivity index (χ0) is 16.4. The van der Waals surface area contributed by atoms with Gasteiger partial charge in [-0.25, -0.2) is 4.98 Å². The summed E-state index contributed by atoms with van der Waals surface area (Å²) in [4.78, 5) is 19.3. The number of nitrogens with one attached hydrogen (secondary N) is 1. The smallest absolute Gasteiger partial charge is 0.244 e. The van der Waals surface area contributed by atoms with E-state index < -0.39 is 0 Å². The molecule has 1 fully saturated rings. The van der Waals surface area contributed by atoms with Crippen LogP contribution in [0.4, 0.5) is 5.69 Å². The molecule has 4 rings (SSSR count). The largest absolute Gasteiger partial charge is 0.335 e. The van der Waals surface area contributed by atoms with Crippen molar-refractivity contribution in [1.29, 1.82) is 0 Å². The molecule has 2 aliphatic rings. The van der Waals surface area contributed by atoms with Crippen molar-refractivity contribution in [3.05, 3.63) is 48.5 Å². The van der Waals surface area contributed by atoms with E-state index in [1.807, 2.05) is 41.4 Å². The van der Waals surface area contributed by atoms with Crippen LogP contribution in [0.5, 0.6) is 0 Å². The van der Waals surface area contributed by atoms with Gasteiger partial charge in [0.1, 0.15) is 5.82 Å². The zero-order valence-corrected chi connectivity index (χ0v) is 13.9. The highest BCUT2D eigenvalue weighted by atomic mass is 16.2. The van der Waals surface area contributed by atoms with Crippen molar-refractivity contribution in [3.63, 3.8) is 0 Å². The third-order valence-corrected chi connectivity index (χ3v) is 5.18. The van der Waals surface area contributed by atoms with E-state index >= 15 is 0 Å². The van der Waals surface area contributed by atoms with E-state index in [9.17, 15) is 4.79 Å². The Morgan fingerprint density at radius 1 is 1.12 bits per heavy atom. The minimum atomic E-state index is -0.0794. The van der Waals surface area contributed by atoms with E-state index in [1.165, 1.54) is 6.42 Å². The number of carbonyl (C=O) groups excluding carboxylic acids is 1. The lowest BCUT2D eigenvalue weighted by atomic mass is 9.97. The third kappa shape index (κ3) is 2.96. The summed E-state index contributed by atoms with van der Waals surface area (Å²) in [6, 6.07) is 9.91. The second kappa shape index (κ2) is 6.77. The lowest BCUT2D eigenvalue weighted by Crippen LogP contribution is -2.51. The maximum Gasteiger partial charge on any atom is 0.244 e. The van der Waals surface area contributed by atoms with Gasteiger partial charge in [0.25, 0.3) is 0 Å². The minimum Gasteiger partial charge on any atom is -0.335 e. The number of nitrogens with zero attached hydrogens (tertiary/aromatic N) is 3. The molecular formula is C19H24N4O. The summed E-state index contributed by atoms with van der Waals surface area (Å²) in [5.41, 5.74) is 1.00. The maximum absolute atomic E-state index is 12.8. The van der Waals surface area contributed by atoms with Crippen molar-refractivity contribution in [1.82, 2.24) is 14.9 Å². The standard InChI is InChI=1S/C19H24N4O/c24-19-17(9-5-12-23(19)16-7-2-1-3-8-16)21-14-15-6-4-11-22-13-10-20-18(15)22/h1-3,7-8,10,13,15,17,21H,4-6,9,11-12,14H2/t15-,17+/m0/s1. The van der Waals surface area contributed by atoms with Crippen LogP contribution in [0, 0.1) is 0 Å². The Bertz CT molecular complexity index is 696. The van der Waals surface area contributed by atoms with Crippen LogP contribution in [0.2, 0.25) is 0 Å². The fraction of sp³-hybridized carbons (Fsp3) is 0.474. The molecule has 1 aromatic carbocycles. The van der Waals surface area contributed by atoms with Crippen LogP contribution in [0.3, 0.4) is 0 Å². The van der Waals surface area contributed by atoms with E-state index in [-0.39, 0.29) is 11.9 Å². The van der Waals surface area contributed by atoms with Gasteiger partial charge in [-0.15, -0.1) is 0 Å². The normalized spacial score (nSPS) is 24.0. The molecule has 24 heavy (non-hydrogen) atoms. The summed E-state index contributed by atoms with van der Waals surface area (Å²) < 4.78 is 2.24. The van der Waals surface area contributed by atoms with Gasteiger partial charge in [0.15, 0.2) is 0 Å². The first-order valence-electron chi connectivity index (χ1n) is 8.94. The number of carbonyl (C=O) groups is 1. The highest BCUT2D eigenvalue weighted by Crippen LogP contribution is 2.26. The number of anilines is 1. The summed E-state index contributed by atoms with van der Waals surface area (Å²) in [5.74, 6) is 1.78. The Morgan fingerprint density at radius 3 is 2.83 bits per heavy atom. The van der Waals surface area contributed by atoms with Gasteiger partial charge in [-0.1, -0.05) is 18.2 Å². The molecular weight excluding hydrogens is 300 g/mol. The van der Waals surface area contributed by atoms with Crippen molar-refractivity contribution < 1.29 is 4.79 Å². The first-order valence-corrected chi connectivity index (χ1v) is 8.94. The second-order valence-electron chi connectivity index (χ2n) is 6.75. The Kier molecular flexibility index (Phi) is 4.34. The van der Waals surface area contributed by atoms with Gasteiger partial charge in [-0.3, -0.25) is 4.79 Å². The van der Waals surface area contributed by atoms with Crippen LogP contribution in [-0.4, -0.2) is 34.6 Å². The molecule has 0 aliphatic carbocycles. The number of aromatic nitrogens is 2. The summed E-state index contributed by atoms with van der Waals surface area (Å²) >= 11 is 0. The van der Waals surface area contributed by atoms with Gasteiger partial charge >= 0.3 is 0 Å². The molecule has 0 saturated carbocycles. The molecule has 1 N–H and O–H groups in total. The number of benzene rings is 1. The second-order valence-corrected chi connectivity index (χ2v) is 6.75. The van der Waals surface area contributed by atoms with Gasteiger partial charge in [-0.2, -0.15) is 0 Å². The number of hydrogen-bond donors (Lipinski definition) is 1. The molecule has 1 aromatic heterocycles. The van der Waals surface area contributed by atoms with E-state index in [2.05, 4.69) is 21.1 Å².